The van der Waals surface area contributed by atoms with Crippen molar-refractivity contribution in [2.45, 2.75) is 59.1 Å². The highest BCUT2D eigenvalue weighted by Crippen LogP contribution is 2.41. The van der Waals surface area contributed by atoms with Gasteiger partial charge in [-0.05, 0) is 43.0 Å². The van der Waals surface area contributed by atoms with E-state index in [9.17, 15) is 0 Å². The molecule has 1 aliphatic heterocycles. The molecule has 2 nitrogen and oxygen atoms in total. The molecule has 2 atom stereocenters. The van der Waals surface area contributed by atoms with Gasteiger partial charge < -0.3 is 10.1 Å². The van der Waals surface area contributed by atoms with Crippen LogP contribution in [0.2, 0.25) is 0 Å². The Morgan fingerprint density at radius 1 is 1.28 bits per heavy atom. The summed E-state index contributed by atoms with van der Waals surface area (Å²) in [5, 5.41) is 3.53. The van der Waals surface area contributed by atoms with Gasteiger partial charge in [0, 0.05) is 5.56 Å². The Balaban J connectivity index is 2.49. The molecule has 0 aromatic heterocycles. The van der Waals surface area contributed by atoms with Gasteiger partial charge >= 0.3 is 0 Å². The Labute approximate surface area is 111 Å². The van der Waals surface area contributed by atoms with Gasteiger partial charge in [-0.3, -0.25) is 0 Å². The predicted octanol–water partition coefficient (Wildman–Crippen LogP) is 3.72. The average Bonchev–Trinajstić information content (AvgIpc) is 2.56. The summed E-state index contributed by atoms with van der Waals surface area (Å²) < 4.78 is 6.01. The molecule has 1 heterocycles. The zero-order chi connectivity index (χ0) is 13.5. The van der Waals surface area contributed by atoms with Gasteiger partial charge in [-0.2, -0.15) is 0 Å². The van der Waals surface area contributed by atoms with Gasteiger partial charge in [0.2, 0.25) is 0 Å². The van der Waals surface area contributed by atoms with E-state index in [1.165, 1.54) is 16.7 Å². The number of hydrogen-bond acceptors (Lipinski definition) is 2. The van der Waals surface area contributed by atoms with E-state index in [1.807, 2.05) is 0 Å². The van der Waals surface area contributed by atoms with Crippen molar-refractivity contribution in [1.82, 2.24) is 5.32 Å². The molecule has 0 amide bonds. The van der Waals surface area contributed by atoms with E-state index < -0.39 is 0 Å². The van der Waals surface area contributed by atoms with E-state index >= 15 is 0 Å². The maximum atomic E-state index is 6.01. The molecule has 0 saturated heterocycles. The van der Waals surface area contributed by atoms with Crippen molar-refractivity contribution in [3.05, 3.63) is 28.8 Å². The molecule has 0 bridgehead atoms. The molecule has 2 unspecified atom stereocenters. The van der Waals surface area contributed by atoms with Crippen molar-refractivity contribution in [2.24, 2.45) is 0 Å². The number of fused-ring (bicyclic) bond motifs is 1. The van der Waals surface area contributed by atoms with E-state index in [2.05, 4.69) is 59.0 Å². The van der Waals surface area contributed by atoms with Crippen molar-refractivity contribution in [3.8, 4) is 5.75 Å². The summed E-state index contributed by atoms with van der Waals surface area (Å²) >= 11 is 0. The second kappa shape index (κ2) is 4.58. The van der Waals surface area contributed by atoms with E-state index in [4.69, 9.17) is 4.74 Å². The highest BCUT2D eigenvalue weighted by atomic mass is 16.5. The molecule has 100 valence electrons. The molecule has 18 heavy (non-hydrogen) atoms. The third-order valence-corrected chi connectivity index (χ3v) is 3.70. The zero-order valence-electron chi connectivity index (χ0n) is 12.4. The van der Waals surface area contributed by atoms with E-state index in [1.54, 1.807) is 0 Å². The lowest BCUT2D eigenvalue weighted by molar-refractivity contribution is 0.210. The summed E-state index contributed by atoms with van der Waals surface area (Å²) in [6.45, 7) is 14.2. The minimum atomic E-state index is 0.183. The maximum Gasteiger partial charge on any atom is 0.127 e. The zero-order valence-corrected chi connectivity index (χ0v) is 12.4. The number of hydrogen-bond donors (Lipinski definition) is 1. The van der Waals surface area contributed by atoms with Crippen LogP contribution in [0.15, 0.2) is 12.1 Å². The van der Waals surface area contributed by atoms with Crippen LogP contribution in [0.25, 0.3) is 0 Å². The largest absolute Gasteiger partial charge is 0.488 e. The molecule has 1 aliphatic rings. The summed E-state index contributed by atoms with van der Waals surface area (Å²) in [5.41, 5.74) is 4.15. The standard InChI is InChI=1S/C16H25NO/c1-7-17-14-11(3)18-15-10(2)8-12(9-13(14)15)16(4,5)6/h8-9,11,14,17H,7H2,1-6H3. The first kappa shape index (κ1) is 13.4. The molecular formula is C16H25NO. The van der Waals surface area contributed by atoms with Crippen LogP contribution in [0, 0.1) is 6.92 Å². The molecule has 0 spiro atoms. The van der Waals surface area contributed by atoms with Gasteiger partial charge in [0.05, 0.1) is 6.04 Å². The second-order valence-corrected chi connectivity index (χ2v) is 6.32. The monoisotopic (exact) mass is 247 g/mol. The van der Waals surface area contributed by atoms with Crippen LogP contribution in [-0.2, 0) is 5.41 Å². The van der Waals surface area contributed by atoms with Crippen LogP contribution in [0.1, 0.15) is 57.4 Å². The van der Waals surface area contributed by atoms with E-state index in [-0.39, 0.29) is 11.5 Å². The Hall–Kier alpha value is -1.02. The van der Waals surface area contributed by atoms with Crippen LogP contribution >= 0.6 is 0 Å². The van der Waals surface area contributed by atoms with Gasteiger partial charge in [-0.15, -0.1) is 0 Å². The van der Waals surface area contributed by atoms with E-state index in [0.29, 0.717) is 6.04 Å². The number of rotatable bonds is 2. The van der Waals surface area contributed by atoms with Crippen LogP contribution in [0.3, 0.4) is 0 Å². The Kier molecular flexibility index (Phi) is 3.41. The van der Waals surface area contributed by atoms with Crippen LogP contribution in [0.5, 0.6) is 5.75 Å². The normalized spacial score (nSPS) is 22.8. The van der Waals surface area contributed by atoms with E-state index in [0.717, 1.165) is 12.3 Å². The Bertz CT molecular complexity index is 445. The minimum Gasteiger partial charge on any atom is -0.488 e. The first-order valence-corrected chi connectivity index (χ1v) is 6.89. The first-order valence-electron chi connectivity index (χ1n) is 6.89. The number of likely N-dealkylation sites (N-methyl/N-ethyl adjacent to an activating group) is 1. The summed E-state index contributed by atoms with van der Waals surface area (Å²) in [7, 11) is 0. The van der Waals surface area contributed by atoms with Crippen molar-refractivity contribution in [1.29, 1.82) is 0 Å². The lowest BCUT2D eigenvalue weighted by Crippen LogP contribution is -2.28. The lowest BCUT2D eigenvalue weighted by Gasteiger charge is -2.22. The highest BCUT2D eigenvalue weighted by molar-refractivity contribution is 5.50. The number of aryl methyl sites for hydroxylation is 1. The molecule has 0 fully saturated rings. The second-order valence-electron chi connectivity index (χ2n) is 6.32. The van der Waals surface area contributed by atoms with Gasteiger partial charge in [0.15, 0.2) is 0 Å². The van der Waals surface area contributed by atoms with Crippen LogP contribution in [0.4, 0.5) is 0 Å². The molecule has 0 saturated carbocycles. The summed E-state index contributed by atoms with van der Waals surface area (Å²) in [5.74, 6) is 1.08. The molecule has 2 rings (SSSR count). The fourth-order valence-corrected chi connectivity index (χ4v) is 2.63. The lowest BCUT2D eigenvalue weighted by atomic mass is 9.84. The summed E-state index contributed by atoms with van der Waals surface area (Å²) in [6, 6.07) is 4.91. The Morgan fingerprint density at radius 2 is 1.94 bits per heavy atom. The van der Waals surface area contributed by atoms with Crippen LogP contribution in [-0.4, -0.2) is 12.6 Å². The van der Waals surface area contributed by atoms with Crippen molar-refractivity contribution >= 4 is 0 Å². The Morgan fingerprint density at radius 3 is 2.50 bits per heavy atom. The van der Waals surface area contributed by atoms with Gasteiger partial charge in [0.1, 0.15) is 11.9 Å². The van der Waals surface area contributed by atoms with Crippen LogP contribution < -0.4 is 10.1 Å². The fraction of sp³-hybridized carbons (Fsp3) is 0.625. The van der Waals surface area contributed by atoms with Gasteiger partial charge in [-0.1, -0.05) is 33.8 Å². The number of ether oxygens (including phenoxy) is 1. The molecule has 1 aromatic rings. The molecular weight excluding hydrogens is 222 g/mol. The SMILES string of the molecule is CCNC1c2cc(C(C)(C)C)cc(C)c2OC1C. The fourth-order valence-electron chi connectivity index (χ4n) is 2.63. The molecule has 2 heteroatoms. The minimum absolute atomic E-state index is 0.183. The van der Waals surface area contributed by atoms with Gasteiger partial charge in [-0.25, -0.2) is 0 Å². The third kappa shape index (κ3) is 2.26. The van der Waals surface area contributed by atoms with Gasteiger partial charge in [0.25, 0.3) is 0 Å². The predicted molar refractivity (Wildman–Crippen MR) is 76.4 cm³/mol. The molecule has 0 aliphatic carbocycles. The molecule has 0 radical (unpaired) electrons. The number of benzene rings is 1. The molecule has 1 aromatic carbocycles. The quantitative estimate of drug-likeness (QED) is 0.860. The summed E-state index contributed by atoms with van der Waals surface area (Å²) in [4.78, 5) is 0. The van der Waals surface area contributed by atoms with Crippen molar-refractivity contribution < 1.29 is 4.74 Å². The topological polar surface area (TPSA) is 21.3 Å². The smallest absolute Gasteiger partial charge is 0.127 e. The third-order valence-electron chi connectivity index (χ3n) is 3.70. The maximum absolute atomic E-state index is 6.01. The van der Waals surface area contributed by atoms with Crippen molar-refractivity contribution in [2.75, 3.05) is 6.54 Å². The number of nitrogens with one attached hydrogen (secondary N) is 1. The average molecular weight is 247 g/mol. The van der Waals surface area contributed by atoms with Crippen molar-refractivity contribution in [3.63, 3.8) is 0 Å². The molecule has 1 N–H and O–H groups in total. The first-order chi connectivity index (χ1) is 8.34. The highest BCUT2D eigenvalue weighted by Gasteiger charge is 2.33. The summed E-state index contributed by atoms with van der Waals surface area (Å²) in [6.07, 6.45) is 0.217.